The molecule has 0 aromatic heterocycles. The highest BCUT2D eigenvalue weighted by molar-refractivity contribution is 5.39. The van der Waals surface area contributed by atoms with Crippen molar-refractivity contribution in [2.24, 2.45) is 11.8 Å². The van der Waals surface area contributed by atoms with E-state index < -0.39 is 0 Å². The Balaban J connectivity index is 1.18. The van der Waals surface area contributed by atoms with Crippen LogP contribution in [0.15, 0.2) is 60.7 Å². The van der Waals surface area contributed by atoms with Gasteiger partial charge in [0.15, 0.2) is 0 Å². The number of rotatable bonds is 10. The molecule has 2 aliphatic carbocycles. The lowest BCUT2D eigenvalue weighted by Gasteiger charge is -2.28. The van der Waals surface area contributed by atoms with E-state index in [0.29, 0.717) is 11.8 Å². The standard InChI is InChI=1S/C36H48O/c1-3-5-9-29-12-18-32(19-13-29)33-20-14-30(15-21-33)10-7-8-11-31-16-22-34(23-17-31)35-24-26-36(27-25-35)37-28-6-4-2/h8,11,14-15,20-21,24-27,29,31-32,34H,3-6,9,12-13,16-19,22-23,28H2,1-2H3/t29-,31-,32-,34-. The molecule has 0 bridgehead atoms. The molecule has 1 nitrogen and oxygen atoms in total. The van der Waals surface area contributed by atoms with Crippen molar-refractivity contribution in [1.82, 2.24) is 0 Å². The van der Waals surface area contributed by atoms with Gasteiger partial charge in [0.05, 0.1) is 6.61 Å². The molecule has 0 N–H and O–H groups in total. The van der Waals surface area contributed by atoms with Gasteiger partial charge in [-0.25, -0.2) is 0 Å². The minimum atomic E-state index is 0.664. The van der Waals surface area contributed by atoms with Gasteiger partial charge in [0.2, 0.25) is 0 Å². The number of benzene rings is 2. The minimum Gasteiger partial charge on any atom is -0.494 e. The maximum absolute atomic E-state index is 5.82. The number of ether oxygens (including phenoxy) is 1. The Hall–Kier alpha value is -2.46. The zero-order chi connectivity index (χ0) is 25.7. The van der Waals surface area contributed by atoms with Crippen LogP contribution in [0.2, 0.25) is 0 Å². The van der Waals surface area contributed by atoms with Crippen LogP contribution in [0.25, 0.3) is 0 Å². The largest absolute Gasteiger partial charge is 0.494 e. The van der Waals surface area contributed by atoms with E-state index in [0.717, 1.165) is 36.2 Å². The SMILES string of the molecule is CCCCOc1ccc([C@H]2CC[C@H](C=CC#Cc3ccc([C@H]4CC[C@H](CCCC)CC4)cc3)CC2)cc1. The molecule has 1 heteroatoms. The molecule has 2 aromatic rings. The minimum absolute atomic E-state index is 0.664. The quantitative estimate of drug-likeness (QED) is 0.235. The summed E-state index contributed by atoms with van der Waals surface area (Å²) in [5, 5.41) is 0. The summed E-state index contributed by atoms with van der Waals surface area (Å²) in [6, 6.07) is 18.0. The fourth-order valence-electron chi connectivity index (χ4n) is 6.24. The summed E-state index contributed by atoms with van der Waals surface area (Å²) >= 11 is 0. The zero-order valence-electron chi connectivity index (χ0n) is 23.4. The third-order valence-corrected chi connectivity index (χ3v) is 8.75. The van der Waals surface area contributed by atoms with E-state index in [-0.39, 0.29) is 0 Å². The van der Waals surface area contributed by atoms with E-state index >= 15 is 0 Å². The Morgan fingerprint density at radius 2 is 1.32 bits per heavy atom. The van der Waals surface area contributed by atoms with Crippen molar-refractivity contribution < 1.29 is 4.74 Å². The maximum Gasteiger partial charge on any atom is 0.119 e. The summed E-state index contributed by atoms with van der Waals surface area (Å²) in [5.74, 6) is 10.7. The van der Waals surface area contributed by atoms with Crippen LogP contribution in [-0.2, 0) is 0 Å². The molecule has 0 amide bonds. The smallest absolute Gasteiger partial charge is 0.119 e. The molecule has 2 saturated carbocycles. The van der Waals surface area contributed by atoms with Crippen molar-refractivity contribution >= 4 is 0 Å². The molecule has 0 aliphatic heterocycles. The van der Waals surface area contributed by atoms with E-state index in [1.54, 1.807) is 0 Å². The second kappa shape index (κ2) is 15.1. The van der Waals surface area contributed by atoms with Crippen LogP contribution in [0, 0.1) is 23.7 Å². The molecule has 2 aromatic carbocycles. The highest BCUT2D eigenvalue weighted by Gasteiger charge is 2.22. The van der Waals surface area contributed by atoms with Gasteiger partial charge < -0.3 is 4.74 Å². The second-order valence-electron chi connectivity index (χ2n) is 11.5. The normalized spacial score (nSPS) is 23.9. The Kier molecular flexibility index (Phi) is 11.2. The van der Waals surface area contributed by atoms with Gasteiger partial charge in [-0.2, -0.15) is 0 Å². The molecule has 0 radical (unpaired) electrons. The maximum atomic E-state index is 5.82. The Bertz CT molecular complexity index is 987. The second-order valence-corrected chi connectivity index (χ2v) is 11.5. The number of unbranched alkanes of at least 4 members (excludes halogenated alkanes) is 2. The average Bonchev–Trinajstić information content (AvgIpc) is 2.96. The van der Waals surface area contributed by atoms with Crippen LogP contribution < -0.4 is 4.74 Å². The molecule has 37 heavy (non-hydrogen) atoms. The van der Waals surface area contributed by atoms with Crippen molar-refractivity contribution in [3.63, 3.8) is 0 Å². The van der Waals surface area contributed by atoms with Crippen molar-refractivity contribution in [2.75, 3.05) is 6.61 Å². The molecule has 198 valence electrons. The molecule has 0 unspecified atom stereocenters. The van der Waals surface area contributed by atoms with Gasteiger partial charge in [-0.3, -0.25) is 0 Å². The van der Waals surface area contributed by atoms with E-state index in [1.165, 1.54) is 88.2 Å². The fourth-order valence-corrected chi connectivity index (χ4v) is 6.24. The number of hydrogen-bond acceptors (Lipinski definition) is 1. The van der Waals surface area contributed by atoms with Crippen LogP contribution in [0.5, 0.6) is 5.75 Å². The first-order valence-corrected chi connectivity index (χ1v) is 15.3. The summed E-state index contributed by atoms with van der Waals surface area (Å²) in [6.45, 7) is 5.33. The first-order valence-electron chi connectivity index (χ1n) is 15.3. The van der Waals surface area contributed by atoms with Crippen molar-refractivity contribution in [2.45, 2.75) is 109 Å². The molecule has 0 heterocycles. The first kappa shape index (κ1) is 27.6. The monoisotopic (exact) mass is 496 g/mol. The Labute approximate surface area is 227 Å². The van der Waals surface area contributed by atoms with Crippen molar-refractivity contribution in [3.05, 3.63) is 77.4 Å². The zero-order valence-corrected chi connectivity index (χ0v) is 23.4. The Morgan fingerprint density at radius 1 is 0.730 bits per heavy atom. The number of allylic oxidation sites excluding steroid dienone is 2. The van der Waals surface area contributed by atoms with Gasteiger partial charge in [-0.15, -0.1) is 0 Å². The lowest BCUT2D eigenvalue weighted by molar-refractivity contribution is 0.304. The predicted octanol–water partition coefficient (Wildman–Crippen LogP) is 10.2. The van der Waals surface area contributed by atoms with Gasteiger partial charge in [0.1, 0.15) is 5.75 Å². The molecular formula is C36H48O. The Morgan fingerprint density at radius 3 is 1.95 bits per heavy atom. The third kappa shape index (κ3) is 8.81. The summed E-state index contributed by atoms with van der Waals surface area (Å²) in [7, 11) is 0. The van der Waals surface area contributed by atoms with Gasteiger partial charge in [0, 0.05) is 5.56 Å². The lowest BCUT2D eigenvalue weighted by Crippen LogP contribution is -2.13. The summed E-state index contributed by atoms with van der Waals surface area (Å²) in [5.41, 5.74) is 4.12. The number of hydrogen-bond donors (Lipinski definition) is 0. The first-order chi connectivity index (χ1) is 18.2. The third-order valence-electron chi connectivity index (χ3n) is 8.75. The fraction of sp³-hybridized carbons (Fsp3) is 0.556. The van der Waals surface area contributed by atoms with Gasteiger partial charge >= 0.3 is 0 Å². The molecule has 2 fully saturated rings. The van der Waals surface area contributed by atoms with E-state index in [9.17, 15) is 0 Å². The summed E-state index contributed by atoms with van der Waals surface area (Å²) < 4.78 is 5.82. The summed E-state index contributed by atoms with van der Waals surface area (Å²) in [6.07, 6.45) is 21.5. The average molecular weight is 497 g/mol. The van der Waals surface area contributed by atoms with E-state index in [2.05, 4.69) is 86.4 Å². The van der Waals surface area contributed by atoms with Crippen LogP contribution in [-0.4, -0.2) is 6.61 Å². The van der Waals surface area contributed by atoms with Crippen LogP contribution in [0.3, 0.4) is 0 Å². The highest BCUT2D eigenvalue weighted by atomic mass is 16.5. The van der Waals surface area contributed by atoms with E-state index in [1.807, 2.05) is 0 Å². The van der Waals surface area contributed by atoms with Crippen LogP contribution >= 0.6 is 0 Å². The van der Waals surface area contributed by atoms with Crippen LogP contribution in [0.1, 0.15) is 126 Å². The molecule has 2 aliphatic rings. The van der Waals surface area contributed by atoms with Gasteiger partial charge in [0.25, 0.3) is 0 Å². The molecule has 0 saturated heterocycles. The van der Waals surface area contributed by atoms with Gasteiger partial charge in [-0.1, -0.05) is 81.7 Å². The predicted molar refractivity (Wildman–Crippen MR) is 158 cm³/mol. The van der Waals surface area contributed by atoms with Crippen molar-refractivity contribution in [1.29, 1.82) is 0 Å². The molecular weight excluding hydrogens is 448 g/mol. The summed E-state index contributed by atoms with van der Waals surface area (Å²) in [4.78, 5) is 0. The van der Waals surface area contributed by atoms with Gasteiger partial charge in [-0.05, 0) is 123 Å². The topological polar surface area (TPSA) is 9.23 Å². The van der Waals surface area contributed by atoms with Crippen LogP contribution in [0.4, 0.5) is 0 Å². The molecule has 0 atom stereocenters. The highest BCUT2D eigenvalue weighted by Crippen LogP contribution is 2.38. The van der Waals surface area contributed by atoms with Crippen molar-refractivity contribution in [3.8, 4) is 17.6 Å². The lowest BCUT2D eigenvalue weighted by atomic mass is 9.77. The van der Waals surface area contributed by atoms with E-state index in [4.69, 9.17) is 4.74 Å². The molecule has 4 rings (SSSR count). The molecule has 0 spiro atoms.